The summed E-state index contributed by atoms with van der Waals surface area (Å²) in [5.41, 5.74) is 6.75. The van der Waals surface area contributed by atoms with Gasteiger partial charge in [-0.05, 0) is 30.9 Å². The number of carbonyl (C=O) groups excluding carboxylic acids is 1. The van der Waals surface area contributed by atoms with Gasteiger partial charge in [0.2, 0.25) is 0 Å². The lowest BCUT2D eigenvalue weighted by Gasteiger charge is -2.23. The highest BCUT2D eigenvalue weighted by Crippen LogP contribution is 2.20. The highest BCUT2D eigenvalue weighted by atomic mass is 16.5. The van der Waals surface area contributed by atoms with Gasteiger partial charge in [0.05, 0.1) is 12.2 Å². The average Bonchev–Trinajstić information content (AvgIpc) is 2.35. The predicted molar refractivity (Wildman–Crippen MR) is 82.0 cm³/mol. The molecule has 112 valence electrons. The van der Waals surface area contributed by atoms with Crippen LogP contribution in [0.3, 0.4) is 0 Å². The van der Waals surface area contributed by atoms with Crippen LogP contribution in [0.4, 0.5) is 0 Å². The molecule has 4 nitrogen and oxygen atoms in total. The molecular weight excluding hydrogens is 252 g/mol. The number of benzene rings is 1. The van der Waals surface area contributed by atoms with Gasteiger partial charge in [0, 0.05) is 12.6 Å². The van der Waals surface area contributed by atoms with Crippen LogP contribution in [0.2, 0.25) is 0 Å². The zero-order chi connectivity index (χ0) is 15.2. The second-order valence-electron chi connectivity index (χ2n) is 6.16. The van der Waals surface area contributed by atoms with E-state index >= 15 is 0 Å². The molecule has 0 saturated heterocycles. The molecule has 0 spiro atoms. The number of ether oxygens (including phenoxy) is 1. The number of carbonyl (C=O) groups is 1. The normalized spacial score (nSPS) is 12.8. The molecule has 4 heteroatoms. The Bertz CT molecular complexity index is 438. The number of rotatable bonds is 6. The molecule has 0 fully saturated rings. The maximum absolute atomic E-state index is 12.2. The summed E-state index contributed by atoms with van der Waals surface area (Å²) in [4.78, 5) is 12.2. The van der Waals surface area contributed by atoms with Gasteiger partial charge >= 0.3 is 0 Å². The fourth-order valence-electron chi connectivity index (χ4n) is 2.11. The summed E-state index contributed by atoms with van der Waals surface area (Å²) < 4.78 is 5.45. The van der Waals surface area contributed by atoms with Crippen LogP contribution in [0, 0.1) is 5.41 Å². The van der Waals surface area contributed by atoms with E-state index in [0.29, 0.717) is 24.5 Å². The molecule has 1 aromatic carbocycles. The molecule has 0 bridgehead atoms. The maximum atomic E-state index is 12.2. The molecule has 1 rings (SSSR count). The van der Waals surface area contributed by atoms with Crippen LogP contribution in [-0.4, -0.2) is 25.1 Å². The van der Waals surface area contributed by atoms with Crippen molar-refractivity contribution in [2.75, 3.05) is 13.2 Å². The van der Waals surface area contributed by atoms with Crippen LogP contribution in [0.25, 0.3) is 0 Å². The summed E-state index contributed by atoms with van der Waals surface area (Å²) in [5.74, 6) is 0.468. The van der Waals surface area contributed by atoms with E-state index in [2.05, 4.69) is 26.1 Å². The largest absolute Gasteiger partial charge is 0.493 e. The zero-order valence-corrected chi connectivity index (χ0v) is 12.9. The minimum Gasteiger partial charge on any atom is -0.493 e. The first kappa shape index (κ1) is 16.5. The van der Waals surface area contributed by atoms with Crippen molar-refractivity contribution in [1.29, 1.82) is 0 Å². The van der Waals surface area contributed by atoms with E-state index in [4.69, 9.17) is 10.5 Å². The molecule has 0 aliphatic heterocycles. The predicted octanol–water partition coefficient (Wildman–Crippen LogP) is 2.58. The Labute approximate surface area is 121 Å². The van der Waals surface area contributed by atoms with Crippen molar-refractivity contribution in [2.45, 2.75) is 40.2 Å². The lowest BCUT2D eigenvalue weighted by atomic mass is 9.88. The molecule has 1 unspecified atom stereocenters. The van der Waals surface area contributed by atoms with Gasteiger partial charge in [0.15, 0.2) is 0 Å². The van der Waals surface area contributed by atoms with E-state index in [-0.39, 0.29) is 17.4 Å². The maximum Gasteiger partial charge on any atom is 0.255 e. The third-order valence-electron chi connectivity index (χ3n) is 2.83. The van der Waals surface area contributed by atoms with Gasteiger partial charge < -0.3 is 15.8 Å². The molecule has 0 heterocycles. The first-order valence-corrected chi connectivity index (χ1v) is 7.09. The van der Waals surface area contributed by atoms with Gasteiger partial charge in [-0.2, -0.15) is 0 Å². The Morgan fingerprint density at radius 2 is 2.00 bits per heavy atom. The number of para-hydroxylation sites is 1. The van der Waals surface area contributed by atoms with Gasteiger partial charge in [-0.15, -0.1) is 0 Å². The van der Waals surface area contributed by atoms with E-state index < -0.39 is 0 Å². The average molecular weight is 278 g/mol. The molecule has 0 aliphatic rings. The number of hydrogen-bond donors (Lipinski definition) is 2. The van der Waals surface area contributed by atoms with Gasteiger partial charge in [-0.3, -0.25) is 4.79 Å². The summed E-state index contributed by atoms with van der Waals surface area (Å²) >= 11 is 0. The fraction of sp³-hybridized carbons (Fsp3) is 0.562. The highest BCUT2D eigenvalue weighted by molar-refractivity contribution is 5.96. The Balaban J connectivity index is 2.59. The molecule has 0 radical (unpaired) electrons. The first-order valence-electron chi connectivity index (χ1n) is 7.09. The quantitative estimate of drug-likeness (QED) is 0.840. The van der Waals surface area contributed by atoms with E-state index in [0.717, 1.165) is 6.42 Å². The first-order chi connectivity index (χ1) is 9.33. The van der Waals surface area contributed by atoms with Gasteiger partial charge in [0.1, 0.15) is 5.75 Å². The molecule has 1 atom stereocenters. The summed E-state index contributed by atoms with van der Waals surface area (Å²) in [6.07, 6.45) is 0.861. The van der Waals surface area contributed by atoms with E-state index in [1.807, 2.05) is 19.1 Å². The molecule has 0 aliphatic carbocycles. The van der Waals surface area contributed by atoms with Crippen molar-refractivity contribution in [3.05, 3.63) is 29.8 Å². The van der Waals surface area contributed by atoms with Gasteiger partial charge in [0.25, 0.3) is 5.91 Å². The highest BCUT2D eigenvalue weighted by Gasteiger charge is 2.17. The summed E-state index contributed by atoms with van der Waals surface area (Å²) in [6, 6.07) is 7.20. The molecule has 3 N–H and O–H groups in total. The van der Waals surface area contributed by atoms with Crippen LogP contribution in [0.1, 0.15) is 44.5 Å². The van der Waals surface area contributed by atoms with Crippen LogP contribution in [-0.2, 0) is 0 Å². The number of hydrogen-bond acceptors (Lipinski definition) is 3. The van der Waals surface area contributed by atoms with Crippen molar-refractivity contribution in [3.63, 3.8) is 0 Å². The third-order valence-corrected chi connectivity index (χ3v) is 2.83. The summed E-state index contributed by atoms with van der Waals surface area (Å²) in [6.45, 7) is 9.32. The molecule has 1 aromatic rings. The zero-order valence-electron chi connectivity index (χ0n) is 12.9. The topological polar surface area (TPSA) is 64.3 Å². The SMILES string of the molecule is CCOc1ccccc1C(=O)NCC(N)CC(C)(C)C. The number of nitrogens with one attached hydrogen (secondary N) is 1. The fourth-order valence-corrected chi connectivity index (χ4v) is 2.11. The molecule has 0 aromatic heterocycles. The Kier molecular flexibility index (Phi) is 6.02. The lowest BCUT2D eigenvalue weighted by Crippen LogP contribution is -2.39. The van der Waals surface area contributed by atoms with Crippen LogP contribution in [0.5, 0.6) is 5.75 Å². The Morgan fingerprint density at radius 3 is 2.60 bits per heavy atom. The minimum absolute atomic E-state index is 0.0433. The minimum atomic E-state index is -0.140. The summed E-state index contributed by atoms with van der Waals surface area (Å²) in [7, 11) is 0. The smallest absolute Gasteiger partial charge is 0.255 e. The van der Waals surface area contributed by atoms with Crippen molar-refractivity contribution >= 4 is 5.91 Å². The number of nitrogens with two attached hydrogens (primary N) is 1. The van der Waals surface area contributed by atoms with E-state index in [9.17, 15) is 4.79 Å². The monoisotopic (exact) mass is 278 g/mol. The summed E-state index contributed by atoms with van der Waals surface area (Å²) in [5, 5.41) is 2.88. The molecular formula is C16H26N2O2. The van der Waals surface area contributed by atoms with Crippen LogP contribution >= 0.6 is 0 Å². The van der Waals surface area contributed by atoms with Crippen LogP contribution < -0.4 is 15.8 Å². The van der Waals surface area contributed by atoms with E-state index in [1.165, 1.54) is 0 Å². The Morgan fingerprint density at radius 1 is 1.35 bits per heavy atom. The second kappa shape index (κ2) is 7.29. The third kappa shape index (κ3) is 5.61. The van der Waals surface area contributed by atoms with Crippen molar-refractivity contribution in [1.82, 2.24) is 5.32 Å². The Hall–Kier alpha value is -1.55. The molecule has 1 amide bonds. The lowest BCUT2D eigenvalue weighted by molar-refractivity contribution is 0.0945. The second-order valence-corrected chi connectivity index (χ2v) is 6.16. The molecule has 20 heavy (non-hydrogen) atoms. The van der Waals surface area contributed by atoms with E-state index in [1.54, 1.807) is 12.1 Å². The van der Waals surface area contributed by atoms with Crippen molar-refractivity contribution in [3.8, 4) is 5.75 Å². The van der Waals surface area contributed by atoms with Gasteiger partial charge in [-0.25, -0.2) is 0 Å². The van der Waals surface area contributed by atoms with Crippen molar-refractivity contribution < 1.29 is 9.53 Å². The van der Waals surface area contributed by atoms with Crippen molar-refractivity contribution in [2.24, 2.45) is 11.1 Å². The number of amides is 1. The standard InChI is InChI=1S/C16H26N2O2/c1-5-20-14-9-7-6-8-13(14)15(19)18-11-12(17)10-16(2,3)4/h6-9,12H,5,10-11,17H2,1-4H3,(H,18,19). The van der Waals surface area contributed by atoms with Gasteiger partial charge in [-0.1, -0.05) is 32.9 Å². The molecule has 0 saturated carbocycles. The van der Waals surface area contributed by atoms with Crippen LogP contribution in [0.15, 0.2) is 24.3 Å².